The summed E-state index contributed by atoms with van der Waals surface area (Å²) in [6.07, 6.45) is 0.566. The highest BCUT2D eigenvalue weighted by Crippen LogP contribution is 2.15. The van der Waals surface area contributed by atoms with Gasteiger partial charge in [-0.05, 0) is 18.1 Å². The number of benzene rings is 1. The van der Waals surface area contributed by atoms with E-state index in [9.17, 15) is 4.79 Å². The Balaban J connectivity index is 1.90. The molecule has 1 aromatic carbocycles. The quantitative estimate of drug-likeness (QED) is 0.764. The second-order valence-electron chi connectivity index (χ2n) is 6.50. The molecule has 0 spiro atoms. The molecule has 8 heteroatoms. The smallest absolute Gasteiger partial charge is 0.321 e. The zero-order valence-corrected chi connectivity index (χ0v) is 16.4. The second kappa shape index (κ2) is 9.16. The molecule has 2 aliphatic heterocycles. The van der Waals surface area contributed by atoms with E-state index in [1.54, 1.807) is 11.8 Å². The van der Waals surface area contributed by atoms with Gasteiger partial charge in [0.05, 0.1) is 6.61 Å². The van der Waals surface area contributed by atoms with E-state index in [1.165, 1.54) is 0 Å². The lowest BCUT2D eigenvalue weighted by Gasteiger charge is -2.22. The van der Waals surface area contributed by atoms with E-state index >= 15 is 0 Å². The van der Waals surface area contributed by atoms with Crippen LogP contribution in [0.1, 0.15) is 30.8 Å². The molecule has 1 aromatic heterocycles. The summed E-state index contributed by atoms with van der Waals surface area (Å²) in [6.45, 7) is 10.3. The first kappa shape index (κ1) is 19.6. The Kier molecular flexibility index (Phi) is 6.41. The number of nitrogens with zero attached hydrogens (tertiary/aromatic N) is 4. The maximum atomic E-state index is 11.9. The van der Waals surface area contributed by atoms with Crippen molar-refractivity contribution in [3.63, 3.8) is 0 Å². The van der Waals surface area contributed by atoms with Gasteiger partial charge < -0.3 is 20.3 Å². The van der Waals surface area contributed by atoms with Crippen molar-refractivity contribution >= 4 is 17.6 Å². The average Bonchev–Trinajstić information content (AvgIpc) is 2.66. The van der Waals surface area contributed by atoms with Crippen LogP contribution in [-0.4, -0.2) is 58.5 Å². The molecule has 3 heterocycles. The van der Waals surface area contributed by atoms with Crippen molar-refractivity contribution in [3.05, 3.63) is 47.8 Å². The average molecular weight is 382 g/mol. The van der Waals surface area contributed by atoms with Crippen LogP contribution >= 0.6 is 0 Å². The molecule has 2 aromatic rings. The molecule has 2 aliphatic rings. The lowest BCUT2D eigenvalue weighted by molar-refractivity contribution is -0.128. The summed E-state index contributed by atoms with van der Waals surface area (Å²) < 4.78 is 5.48. The molecule has 0 fully saturated rings. The molecule has 0 atom stereocenters. The van der Waals surface area contributed by atoms with E-state index in [-0.39, 0.29) is 5.91 Å². The first-order valence-corrected chi connectivity index (χ1v) is 9.44. The summed E-state index contributed by atoms with van der Waals surface area (Å²) in [7, 11) is 0. The summed E-state index contributed by atoms with van der Waals surface area (Å²) >= 11 is 0. The van der Waals surface area contributed by atoms with Crippen LogP contribution in [0, 0.1) is 0 Å². The SMILES string of the molecule is C=C1NCCN(C(C)=O)CCNc2nc(nc(OCC)n2)Cc2ccc1cc2. The molecule has 2 N–H and O–H groups in total. The van der Waals surface area contributed by atoms with E-state index in [4.69, 9.17) is 4.74 Å². The van der Waals surface area contributed by atoms with Crippen LogP contribution in [0.2, 0.25) is 0 Å². The lowest BCUT2D eigenvalue weighted by atomic mass is 10.1. The fourth-order valence-electron chi connectivity index (χ4n) is 2.93. The van der Waals surface area contributed by atoms with Crippen LogP contribution < -0.4 is 15.4 Å². The van der Waals surface area contributed by atoms with Gasteiger partial charge in [-0.15, -0.1) is 0 Å². The van der Waals surface area contributed by atoms with Gasteiger partial charge in [0.25, 0.3) is 0 Å². The minimum atomic E-state index is 0.0195. The van der Waals surface area contributed by atoms with E-state index in [0.717, 1.165) is 16.8 Å². The number of amides is 1. The molecule has 0 aliphatic carbocycles. The molecule has 4 rings (SSSR count). The highest BCUT2D eigenvalue weighted by Gasteiger charge is 2.12. The monoisotopic (exact) mass is 382 g/mol. The van der Waals surface area contributed by atoms with Gasteiger partial charge in [0.2, 0.25) is 11.9 Å². The van der Waals surface area contributed by atoms with Crippen LogP contribution in [0.15, 0.2) is 30.8 Å². The van der Waals surface area contributed by atoms with Crippen LogP contribution in [0.3, 0.4) is 0 Å². The summed E-state index contributed by atoms with van der Waals surface area (Å²) in [5, 5.41) is 6.47. The van der Waals surface area contributed by atoms with E-state index in [1.807, 2.05) is 31.2 Å². The van der Waals surface area contributed by atoms with Gasteiger partial charge >= 0.3 is 6.01 Å². The van der Waals surface area contributed by atoms with Crippen molar-refractivity contribution in [1.82, 2.24) is 25.2 Å². The Morgan fingerprint density at radius 2 is 1.86 bits per heavy atom. The number of carbonyl (C=O) groups excluding carboxylic acids is 1. The van der Waals surface area contributed by atoms with E-state index in [2.05, 4.69) is 32.2 Å². The highest BCUT2D eigenvalue weighted by molar-refractivity contribution is 5.73. The van der Waals surface area contributed by atoms with E-state index < -0.39 is 0 Å². The molecule has 8 nitrogen and oxygen atoms in total. The lowest BCUT2D eigenvalue weighted by Crippen LogP contribution is -2.38. The number of fused-ring (bicyclic) bond motifs is 9. The molecule has 1 amide bonds. The third kappa shape index (κ3) is 5.18. The van der Waals surface area contributed by atoms with Crippen LogP contribution in [0.4, 0.5) is 5.95 Å². The Bertz CT molecular complexity index is 837. The Labute approximate surface area is 165 Å². The summed E-state index contributed by atoms with van der Waals surface area (Å²) in [4.78, 5) is 26.9. The normalized spacial score (nSPS) is 14.9. The van der Waals surface area contributed by atoms with Gasteiger partial charge in [-0.25, -0.2) is 0 Å². The second-order valence-corrected chi connectivity index (χ2v) is 6.50. The van der Waals surface area contributed by atoms with Crippen LogP contribution in [-0.2, 0) is 11.2 Å². The predicted octanol–water partition coefficient (Wildman–Crippen LogP) is 1.70. The van der Waals surface area contributed by atoms with Crippen LogP contribution in [0.25, 0.3) is 5.70 Å². The molecule has 148 valence electrons. The van der Waals surface area contributed by atoms with Gasteiger partial charge in [0.1, 0.15) is 5.82 Å². The molecule has 4 bridgehead atoms. The first-order chi connectivity index (χ1) is 13.5. The van der Waals surface area contributed by atoms with Crippen LogP contribution in [0.5, 0.6) is 6.01 Å². The van der Waals surface area contributed by atoms with Crippen molar-refractivity contribution in [1.29, 1.82) is 0 Å². The fraction of sp³-hybridized carbons (Fsp3) is 0.400. The molecular weight excluding hydrogens is 356 g/mol. The standard InChI is InChI=1S/C20H26N6O2/c1-4-28-20-24-18-13-16-5-7-17(8-6-16)14(2)21-9-11-26(15(3)27)12-10-22-19(23-18)25-20/h5-8,21H,2,4,9-13H2,1,3H3,(H,22,23,24,25). The maximum Gasteiger partial charge on any atom is 0.321 e. The predicted molar refractivity (Wildman–Crippen MR) is 108 cm³/mol. The van der Waals surface area contributed by atoms with Crippen molar-refractivity contribution < 1.29 is 9.53 Å². The third-order valence-corrected chi connectivity index (χ3v) is 4.43. The number of carbonyl (C=O) groups is 1. The van der Waals surface area contributed by atoms with Crippen molar-refractivity contribution in [2.45, 2.75) is 20.3 Å². The van der Waals surface area contributed by atoms with Crippen molar-refractivity contribution in [2.75, 3.05) is 38.1 Å². The zero-order valence-electron chi connectivity index (χ0n) is 16.4. The van der Waals surface area contributed by atoms with Crippen molar-refractivity contribution in [2.24, 2.45) is 0 Å². The highest BCUT2D eigenvalue weighted by atomic mass is 16.5. The number of anilines is 1. The fourth-order valence-corrected chi connectivity index (χ4v) is 2.93. The van der Waals surface area contributed by atoms with Gasteiger partial charge in [-0.2, -0.15) is 15.0 Å². The minimum absolute atomic E-state index is 0.0195. The molecule has 0 radical (unpaired) electrons. The van der Waals surface area contributed by atoms with Crippen molar-refractivity contribution in [3.8, 4) is 6.01 Å². The summed E-state index contributed by atoms with van der Waals surface area (Å²) in [6, 6.07) is 8.40. The largest absolute Gasteiger partial charge is 0.464 e. The molecular formula is C20H26N6O2. The van der Waals surface area contributed by atoms with Gasteiger partial charge in [-0.1, -0.05) is 30.8 Å². The molecule has 0 saturated carbocycles. The third-order valence-electron chi connectivity index (χ3n) is 4.43. The number of rotatable bonds is 2. The van der Waals surface area contributed by atoms with Gasteiger partial charge in [-0.3, -0.25) is 4.79 Å². The molecule has 0 saturated heterocycles. The van der Waals surface area contributed by atoms with Gasteiger partial charge in [0.15, 0.2) is 0 Å². The number of nitrogens with one attached hydrogen (secondary N) is 2. The topological polar surface area (TPSA) is 92.3 Å². The first-order valence-electron chi connectivity index (χ1n) is 9.44. The maximum absolute atomic E-state index is 11.9. The number of ether oxygens (including phenoxy) is 1. The van der Waals surface area contributed by atoms with Gasteiger partial charge in [0, 0.05) is 45.2 Å². The summed E-state index contributed by atoms with van der Waals surface area (Å²) in [5.74, 6) is 1.10. The number of aromatic nitrogens is 3. The molecule has 0 unspecified atom stereocenters. The van der Waals surface area contributed by atoms with E-state index in [0.29, 0.717) is 57.0 Å². The Hall–Kier alpha value is -3.16. The minimum Gasteiger partial charge on any atom is -0.464 e. The number of hydrogen-bond donors (Lipinski definition) is 2. The number of hydrogen-bond acceptors (Lipinski definition) is 7. The molecule has 28 heavy (non-hydrogen) atoms. The Morgan fingerprint density at radius 1 is 1.14 bits per heavy atom. The summed E-state index contributed by atoms with van der Waals surface area (Å²) in [5.41, 5.74) is 2.94. The Morgan fingerprint density at radius 3 is 2.54 bits per heavy atom. The zero-order chi connectivity index (χ0) is 19.9.